The first kappa shape index (κ1) is 17.5. The largest absolute Gasteiger partial charge is 0.369 e. The second kappa shape index (κ2) is 7.58. The zero-order valence-corrected chi connectivity index (χ0v) is 13.4. The van der Waals surface area contributed by atoms with E-state index < -0.39 is 11.8 Å². The van der Waals surface area contributed by atoms with E-state index in [-0.39, 0.29) is 17.7 Å². The van der Waals surface area contributed by atoms with Gasteiger partial charge in [0, 0.05) is 37.3 Å². The Balaban J connectivity index is 1.89. The number of nitrogens with two attached hydrogens (primary N) is 1. The van der Waals surface area contributed by atoms with Gasteiger partial charge in [0.15, 0.2) is 0 Å². The molecular weight excluding hydrogens is 312 g/mol. The summed E-state index contributed by atoms with van der Waals surface area (Å²) < 4.78 is 0. The van der Waals surface area contributed by atoms with E-state index in [1.54, 1.807) is 24.3 Å². The molecule has 4 amide bonds. The summed E-state index contributed by atoms with van der Waals surface area (Å²) in [5.74, 6) is -2.17. The number of hydrogen-bond donors (Lipinski definition) is 3. The zero-order valence-electron chi connectivity index (χ0n) is 13.4. The molecule has 24 heavy (non-hydrogen) atoms. The standard InChI is InChI=1S/C16H20N4O4/c1-10(21)18-12-2-4-13(5-3-12)19-15(23)16(24)20-8-6-11(7-9-20)14(17)22/h2-5,11H,6-9H2,1H3,(H2,17,22)(H,18,21)(H,19,23). The van der Waals surface area contributed by atoms with Gasteiger partial charge in [-0.05, 0) is 37.1 Å². The topological polar surface area (TPSA) is 122 Å². The minimum absolute atomic E-state index is 0.193. The Morgan fingerprint density at radius 1 is 1.00 bits per heavy atom. The van der Waals surface area contributed by atoms with Gasteiger partial charge >= 0.3 is 11.8 Å². The van der Waals surface area contributed by atoms with Crippen molar-refractivity contribution in [2.75, 3.05) is 23.7 Å². The third-order valence-corrected chi connectivity index (χ3v) is 3.84. The molecule has 1 aromatic carbocycles. The Morgan fingerprint density at radius 2 is 1.50 bits per heavy atom. The molecule has 0 saturated carbocycles. The highest BCUT2D eigenvalue weighted by Crippen LogP contribution is 2.17. The normalized spacial score (nSPS) is 14.8. The maximum atomic E-state index is 12.1. The molecule has 0 atom stereocenters. The molecule has 0 aromatic heterocycles. The average Bonchev–Trinajstić information content (AvgIpc) is 2.55. The highest BCUT2D eigenvalue weighted by atomic mass is 16.2. The number of benzene rings is 1. The number of nitrogens with zero attached hydrogens (tertiary/aromatic N) is 1. The number of carbonyl (C=O) groups is 4. The van der Waals surface area contributed by atoms with Gasteiger partial charge in [0.2, 0.25) is 11.8 Å². The van der Waals surface area contributed by atoms with Gasteiger partial charge < -0.3 is 21.3 Å². The molecule has 128 valence electrons. The van der Waals surface area contributed by atoms with Gasteiger partial charge in [-0.3, -0.25) is 19.2 Å². The van der Waals surface area contributed by atoms with Crippen LogP contribution in [0.5, 0.6) is 0 Å². The molecule has 1 saturated heterocycles. The molecule has 0 radical (unpaired) electrons. The Morgan fingerprint density at radius 3 is 1.96 bits per heavy atom. The number of carbonyl (C=O) groups excluding carboxylic acids is 4. The van der Waals surface area contributed by atoms with Crippen LogP contribution in [-0.4, -0.2) is 41.6 Å². The smallest absolute Gasteiger partial charge is 0.313 e. The van der Waals surface area contributed by atoms with E-state index in [1.807, 2.05) is 0 Å². The number of rotatable bonds is 3. The van der Waals surface area contributed by atoms with Crippen LogP contribution in [0.2, 0.25) is 0 Å². The van der Waals surface area contributed by atoms with Crippen LogP contribution in [0.4, 0.5) is 11.4 Å². The van der Waals surface area contributed by atoms with Crippen molar-refractivity contribution in [3.63, 3.8) is 0 Å². The lowest BCUT2D eigenvalue weighted by molar-refractivity contribution is -0.144. The average molecular weight is 332 g/mol. The summed E-state index contributed by atoms with van der Waals surface area (Å²) in [4.78, 5) is 47.6. The summed E-state index contributed by atoms with van der Waals surface area (Å²) in [5.41, 5.74) is 6.30. The lowest BCUT2D eigenvalue weighted by Crippen LogP contribution is -2.46. The van der Waals surface area contributed by atoms with Crippen molar-refractivity contribution in [3.8, 4) is 0 Å². The van der Waals surface area contributed by atoms with Crippen molar-refractivity contribution in [2.24, 2.45) is 11.7 Å². The molecule has 4 N–H and O–H groups in total. The van der Waals surface area contributed by atoms with Gasteiger partial charge in [-0.25, -0.2) is 0 Å². The summed E-state index contributed by atoms with van der Waals surface area (Å²) in [7, 11) is 0. The zero-order chi connectivity index (χ0) is 17.7. The quantitative estimate of drug-likeness (QED) is 0.689. The molecule has 0 spiro atoms. The Kier molecular flexibility index (Phi) is 5.51. The number of likely N-dealkylation sites (tertiary alicyclic amines) is 1. The van der Waals surface area contributed by atoms with Gasteiger partial charge in [0.1, 0.15) is 0 Å². The van der Waals surface area contributed by atoms with Gasteiger partial charge in [-0.2, -0.15) is 0 Å². The first-order chi connectivity index (χ1) is 11.4. The van der Waals surface area contributed by atoms with Gasteiger partial charge in [-0.1, -0.05) is 0 Å². The van der Waals surface area contributed by atoms with E-state index in [9.17, 15) is 19.2 Å². The highest BCUT2D eigenvalue weighted by molar-refractivity contribution is 6.39. The van der Waals surface area contributed by atoms with E-state index in [4.69, 9.17) is 5.73 Å². The van der Waals surface area contributed by atoms with Gasteiger partial charge in [0.25, 0.3) is 0 Å². The van der Waals surface area contributed by atoms with Crippen LogP contribution in [0.15, 0.2) is 24.3 Å². The lowest BCUT2D eigenvalue weighted by Gasteiger charge is -2.29. The maximum absolute atomic E-state index is 12.1. The number of primary amides is 1. The van der Waals surface area contributed by atoms with Crippen molar-refractivity contribution < 1.29 is 19.2 Å². The van der Waals surface area contributed by atoms with Crippen LogP contribution in [0.1, 0.15) is 19.8 Å². The number of piperidine rings is 1. The summed E-state index contributed by atoms with van der Waals surface area (Å²) in [6, 6.07) is 6.44. The molecule has 0 unspecified atom stereocenters. The Labute approximate surface area is 139 Å². The van der Waals surface area contributed by atoms with Crippen LogP contribution in [0.3, 0.4) is 0 Å². The van der Waals surface area contributed by atoms with E-state index in [2.05, 4.69) is 10.6 Å². The summed E-state index contributed by atoms with van der Waals surface area (Å²) >= 11 is 0. The van der Waals surface area contributed by atoms with Crippen LogP contribution in [0, 0.1) is 5.92 Å². The minimum Gasteiger partial charge on any atom is -0.369 e. The molecule has 2 rings (SSSR count). The van der Waals surface area contributed by atoms with Gasteiger partial charge in [-0.15, -0.1) is 0 Å². The van der Waals surface area contributed by atoms with Crippen LogP contribution in [-0.2, 0) is 19.2 Å². The molecule has 1 fully saturated rings. The molecule has 1 aliphatic heterocycles. The predicted molar refractivity (Wildman–Crippen MR) is 87.9 cm³/mol. The molecule has 1 heterocycles. The van der Waals surface area contributed by atoms with E-state index >= 15 is 0 Å². The van der Waals surface area contributed by atoms with Crippen molar-refractivity contribution in [1.29, 1.82) is 0 Å². The number of hydrogen-bond acceptors (Lipinski definition) is 4. The third-order valence-electron chi connectivity index (χ3n) is 3.84. The summed E-state index contributed by atoms with van der Waals surface area (Å²) in [6.07, 6.45) is 0.944. The third kappa shape index (κ3) is 4.55. The second-order valence-corrected chi connectivity index (χ2v) is 5.68. The first-order valence-corrected chi connectivity index (χ1v) is 7.64. The monoisotopic (exact) mass is 332 g/mol. The molecule has 0 aliphatic carbocycles. The van der Waals surface area contributed by atoms with Crippen LogP contribution in [0.25, 0.3) is 0 Å². The highest BCUT2D eigenvalue weighted by Gasteiger charge is 2.29. The van der Waals surface area contributed by atoms with Crippen LogP contribution < -0.4 is 16.4 Å². The number of nitrogens with one attached hydrogen (secondary N) is 2. The Hall–Kier alpha value is -2.90. The molecule has 8 nitrogen and oxygen atoms in total. The summed E-state index contributed by atoms with van der Waals surface area (Å²) in [5, 5.41) is 5.13. The van der Waals surface area contributed by atoms with E-state index in [0.29, 0.717) is 37.3 Å². The molecule has 1 aliphatic rings. The van der Waals surface area contributed by atoms with E-state index in [0.717, 1.165) is 0 Å². The van der Waals surface area contributed by atoms with Gasteiger partial charge in [0.05, 0.1) is 0 Å². The molecular formula is C16H20N4O4. The predicted octanol–water partition coefficient (Wildman–Crippen LogP) is 0.307. The lowest BCUT2D eigenvalue weighted by atomic mass is 9.96. The van der Waals surface area contributed by atoms with Crippen molar-refractivity contribution >= 4 is 35.0 Å². The molecule has 8 heteroatoms. The molecule has 1 aromatic rings. The SMILES string of the molecule is CC(=O)Nc1ccc(NC(=O)C(=O)N2CCC(C(N)=O)CC2)cc1. The first-order valence-electron chi connectivity index (χ1n) is 7.64. The molecule has 0 bridgehead atoms. The maximum Gasteiger partial charge on any atom is 0.313 e. The number of anilines is 2. The van der Waals surface area contributed by atoms with Crippen molar-refractivity contribution in [2.45, 2.75) is 19.8 Å². The minimum atomic E-state index is -0.736. The second-order valence-electron chi connectivity index (χ2n) is 5.68. The van der Waals surface area contributed by atoms with E-state index in [1.165, 1.54) is 11.8 Å². The fourth-order valence-electron chi connectivity index (χ4n) is 2.54. The number of amides is 4. The fraction of sp³-hybridized carbons (Fsp3) is 0.375. The fourth-order valence-corrected chi connectivity index (χ4v) is 2.54. The van der Waals surface area contributed by atoms with Crippen LogP contribution >= 0.6 is 0 Å². The van der Waals surface area contributed by atoms with Crippen molar-refractivity contribution in [3.05, 3.63) is 24.3 Å². The summed E-state index contributed by atoms with van der Waals surface area (Å²) in [6.45, 7) is 2.07. The Bertz CT molecular complexity index is 649. The van der Waals surface area contributed by atoms with Crippen molar-refractivity contribution in [1.82, 2.24) is 4.90 Å².